The predicted molar refractivity (Wildman–Crippen MR) is 120 cm³/mol. The average Bonchev–Trinajstić information content (AvgIpc) is 3.17. The number of aromatic nitrogens is 1. The molecule has 1 heterocycles. The zero-order valence-electron chi connectivity index (χ0n) is 15.2. The fourth-order valence-electron chi connectivity index (χ4n) is 3.27. The molecular weight excluding hydrogens is 428 g/mol. The maximum Gasteiger partial charge on any atom is 0.227 e. The molecule has 0 bridgehead atoms. The standard InChI is InChI=1S/C24H15BrN2O2/c25-17-8-5-16(6-9-17)24-27-21-13-18(10-12-23(21)29-24)26-14-20-19-4-2-1-3-15(19)7-11-22(20)28/h1-14,28H. The lowest BCUT2D eigenvalue weighted by Gasteiger charge is -2.04. The number of phenolic OH excluding ortho intramolecular Hbond substituents is 1. The second-order valence-electron chi connectivity index (χ2n) is 6.66. The van der Waals surface area contributed by atoms with Gasteiger partial charge in [0.05, 0.1) is 5.69 Å². The molecule has 0 fully saturated rings. The zero-order chi connectivity index (χ0) is 19.8. The molecule has 0 atom stereocenters. The summed E-state index contributed by atoms with van der Waals surface area (Å²) < 4.78 is 6.88. The summed E-state index contributed by atoms with van der Waals surface area (Å²) in [4.78, 5) is 9.15. The molecule has 0 aliphatic heterocycles. The molecule has 4 nitrogen and oxygen atoms in total. The maximum absolute atomic E-state index is 10.3. The minimum Gasteiger partial charge on any atom is -0.507 e. The van der Waals surface area contributed by atoms with Crippen molar-refractivity contribution in [3.63, 3.8) is 0 Å². The van der Waals surface area contributed by atoms with Crippen molar-refractivity contribution in [1.82, 2.24) is 4.98 Å². The Kier molecular flexibility index (Phi) is 4.37. The Bertz CT molecular complexity index is 1370. The second-order valence-corrected chi connectivity index (χ2v) is 7.57. The van der Waals surface area contributed by atoms with Crippen molar-refractivity contribution in [2.24, 2.45) is 4.99 Å². The number of fused-ring (bicyclic) bond motifs is 2. The van der Waals surface area contributed by atoms with Gasteiger partial charge in [0.2, 0.25) is 5.89 Å². The van der Waals surface area contributed by atoms with Crippen LogP contribution in [0.4, 0.5) is 5.69 Å². The van der Waals surface area contributed by atoms with Crippen LogP contribution in [-0.2, 0) is 0 Å². The first-order valence-electron chi connectivity index (χ1n) is 9.09. The van der Waals surface area contributed by atoms with E-state index in [2.05, 4.69) is 25.9 Å². The number of hydrogen-bond donors (Lipinski definition) is 1. The molecule has 5 rings (SSSR count). The highest BCUT2D eigenvalue weighted by atomic mass is 79.9. The van der Waals surface area contributed by atoms with E-state index in [9.17, 15) is 5.11 Å². The molecular formula is C24H15BrN2O2. The largest absolute Gasteiger partial charge is 0.507 e. The third-order valence-electron chi connectivity index (χ3n) is 4.75. The Morgan fingerprint density at radius 1 is 0.931 bits per heavy atom. The van der Waals surface area contributed by atoms with E-state index in [1.165, 1.54) is 0 Å². The van der Waals surface area contributed by atoms with Gasteiger partial charge in [-0.2, -0.15) is 0 Å². The quantitative estimate of drug-likeness (QED) is 0.310. The molecule has 0 aliphatic rings. The number of aromatic hydroxyl groups is 1. The van der Waals surface area contributed by atoms with Crippen LogP contribution in [0, 0.1) is 0 Å². The lowest BCUT2D eigenvalue weighted by Crippen LogP contribution is -1.85. The number of benzene rings is 4. The van der Waals surface area contributed by atoms with Crippen molar-refractivity contribution in [2.75, 3.05) is 0 Å². The summed E-state index contributed by atoms with van der Waals surface area (Å²) in [5.74, 6) is 0.771. The first-order valence-corrected chi connectivity index (χ1v) is 9.88. The number of hydrogen-bond acceptors (Lipinski definition) is 4. The summed E-state index contributed by atoms with van der Waals surface area (Å²) in [5.41, 5.74) is 3.78. The van der Waals surface area contributed by atoms with Crippen molar-refractivity contribution in [2.45, 2.75) is 0 Å². The molecule has 0 spiro atoms. The minimum atomic E-state index is 0.201. The number of phenols is 1. The van der Waals surface area contributed by atoms with E-state index >= 15 is 0 Å². The van der Waals surface area contributed by atoms with Crippen molar-refractivity contribution in [1.29, 1.82) is 0 Å². The van der Waals surface area contributed by atoms with Crippen molar-refractivity contribution in [3.05, 3.63) is 88.9 Å². The second kappa shape index (κ2) is 7.18. The minimum absolute atomic E-state index is 0.201. The lowest BCUT2D eigenvalue weighted by molar-refractivity contribution is 0.475. The molecule has 5 heteroatoms. The van der Waals surface area contributed by atoms with Gasteiger partial charge < -0.3 is 9.52 Å². The van der Waals surface area contributed by atoms with Crippen LogP contribution < -0.4 is 0 Å². The van der Waals surface area contributed by atoms with Crippen molar-refractivity contribution >= 4 is 49.7 Å². The van der Waals surface area contributed by atoms with Gasteiger partial charge in [0, 0.05) is 21.8 Å². The van der Waals surface area contributed by atoms with Gasteiger partial charge in [-0.15, -0.1) is 0 Å². The average molecular weight is 443 g/mol. The summed E-state index contributed by atoms with van der Waals surface area (Å²) >= 11 is 3.43. The number of rotatable bonds is 3. The third-order valence-corrected chi connectivity index (χ3v) is 5.28. The SMILES string of the molecule is Oc1ccc2ccccc2c1C=Nc1ccc2oc(-c3ccc(Br)cc3)nc2c1. The maximum atomic E-state index is 10.3. The summed E-state index contributed by atoms with van der Waals surface area (Å²) in [7, 11) is 0. The highest BCUT2D eigenvalue weighted by Gasteiger charge is 2.09. The van der Waals surface area contributed by atoms with Gasteiger partial charge in [-0.3, -0.25) is 4.99 Å². The van der Waals surface area contributed by atoms with Crippen molar-refractivity contribution < 1.29 is 9.52 Å². The normalized spacial score (nSPS) is 11.6. The molecule has 1 aromatic heterocycles. The van der Waals surface area contributed by atoms with Gasteiger partial charge in [0.15, 0.2) is 5.58 Å². The first-order chi connectivity index (χ1) is 14.2. The van der Waals surface area contributed by atoms with Crippen LogP contribution in [-0.4, -0.2) is 16.3 Å². The smallest absolute Gasteiger partial charge is 0.227 e. The highest BCUT2D eigenvalue weighted by Crippen LogP contribution is 2.29. The molecule has 29 heavy (non-hydrogen) atoms. The van der Waals surface area contributed by atoms with Crippen LogP contribution >= 0.6 is 15.9 Å². The summed E-state index contributed by atoms with van der Waals surface area (Å²) in [5, 5.41) is 12.3. The van der Waals surface area contributed by atoms with Gasteiger partial charge >= 0.3 is 0 Å². The van der Waals surface area contributed by atoms with Crippen LogP contribution in [0.2, 0.25) is 0 Å². The summed E-state index contributed by atoms with van der Waals surface area (Å²) in [6.45, 7) is 0. The van der Waals surface area contributed by atoms with Gasteiger partial charge in [0.25, 0.3) is 0 Å². The number of oxazole rings is 1. The van der Waals surface area contributed by atoms with Crippen LogP contribution in [0.5, 0.6) is 5.75 Å². The predicted octanol–water partition coefficient (Wildman–Crippen LogP) is 6.87. The Morgan fingerprint density at radius 2 is 1.76 bits per heavy atom. The van der Waals surface area contributed by atoms with Gasteiger partial charge in [-0.05, 0) is 59.3 Å². The molecule has 1 N–H and O–H groups in total. The zero-order valence-corrected chi connectivity index (χ0v) is 16.8. The van der Waals surface area contributed by atoms with E-state index in [4.69, 9.17) is 4.42 Å². The van der Waals surface area contributed by atoms with Crippen molar-refractivity contribution in [3.8, 4) is 17.2 Å². The van der Waals surface area contributed by atoms with E-state index in [0.29, 0.717) is 17.0 Å². The van der Waals surface area contributed by atoms with E-state index in [1.807, 2.05) is 72.8 Å². The third kappa shape index (κ3) is 3.41. The van der Waals surface area contributed by atoms with E-state index in [-0.39, 0.29) is 5.75 Å². The number of nitrogens with zero attached hydrogens (tertiary/aromatic N) is 2. The van der Waals surface area contributed by atoms with Gasteiger partial charge in [-0.25, -0.2) is 4.98 Å². The monoisotopic (exact) mass is 442 g/mol. The van der Waals surface area contributed by atoms with Gasteiger partial charge in [0.1, 0.15) is 11.3 Å². The lowest BCUT2D eigenvalue weighted by atomic mass is 10.0. The van der Waals surface area contributed by atoms with Gasteiger partial charge in [-0.1, -0.05) is 46.3 Å². The molecule has 5 aromatic rings. The highest BCUT2D eigenvalue weighted by molar-refractivity contribution is 9.10. The first kappa shape index (κ1) is 17.6. The molecule has 0 amide bonds. The Labute approximate surface area is 175 Å². The molecule has 0 saturated heterocycles. The number of aliphatic imine (C=N–C) groups is 1. The fourth-order valence-corrected chi connectivity index (χ4v) is 3.54. The fraction of sp³-hybridized carbons (Fsp3) is 0. The van der Waals surface area contributed by atoms with E-state index in [1.54, 1.807) is 12.3 Å². The topological polar surface area (TPSA) is 58.6 Å². The molecule has 0 radical (unpaired) electrons. The summed E-state index contributed by atoms with van der Waals surface area (Å²) in [6, 6.07) is 24.9. The molecule has 0 aliphatic carbocycles. The van der Waals surface area contributed by atoms with Crippen LogP contribution in [0.15, 0.2) is 92.7 Å². The Hall–Kier alpha value is -3.44. The summed E-state index contributed by atoms with van der Waals surface area (Å²) in [6.07, 6.45) is 1.69. The number of halogens is 1. The van der Waals surface area contributed by atoms with Crippen LogP contribution in [0.1, 0.15) is 5.56 Å². The van der Waals surface area contributed by atoms with Crippen LogP contribution in [0.3, 0.4) is 0 Å². The Balaban J connectivity index is 1.51. The van der Waals surface area contributed by atoms with E-state index < -0.39 is 0 Å². The molecule has 4 aromatic carbocycles. The van der Waals surface area contributed by atoms with E-state index in [0.717, 1.165) is 32.0 Å². The molecule has 0 unspecified atom stereocenters. The molecule has 0 saturated carbocycles. The Morgan fingerprint density at radius 3 is 2.62 bits per heavy atom. The molecule has 140 valence electrons. The van der Waals surface area contributed by atoms with Crippen LogP contribution in [0.25, 0.3) is 33.3 Å².